The molecular formula is C12H12F2N4O4S. The average molecular weight is 346 g/mol. The van der Waals surface area contributed by atoms with Crippen molar-refractivity contribution in [1.82, 2.24) is 9.78 Å². The van der Waals surface area contributed by atoms with Gasteiger partial charge in [-0.05, 0) is 12.1 Å². The molecule has 1 aromatic carbocycles. The number of alkyl halides is 2. The minimum atomic E-state index is -3.81. The SMILES string of the molecule is CS(=O)(=O)c1cccc(Nc2cnn(CC(F)F)c2)c1[N+](=O)[O-]. The number of halogens is 2. The fourth-order valence-electron chi connectivity index (χ4n) is 1.94. The van der Waals surface area contributed by atoms with Gasteiger partial charge in [-0.1, -0.05) is 6.07 Å². The summed E-state index contributed by atoms with van der Waals surface area (Å²) in [5.74, 6) is 0. The molecule has 0 aliphatic heterocycles. The van der Waals surface area contributed by atoms with Crippen LogP contribution in [-0.2, 0) is 16.4 Å². The molecule has 0 bridgehead atoms. The maximum atomic E-state index is 12.3. The molecule has 0 amide bonds. The van der Waals surface area contributed by atoms with Gasteiger partial charge in [0.15, 0.2) is 9.84 Å². The van der Waals surface area contributed by atoms with Gasteiger partial charge in [-0.25, -0.2) is 17.2 Å². The minimum absolute atomic E-state index is 0.0745. The van der Waals surface area contributed by atoms with Crippen molar-refractivity contribution in [2.24, 2.45) is 0 Å². The van der Waals surface area contributed by atoms with Crippen LogP contribution in [0.3, 0.4) is 0 Å². The van der Waals surface area contributed by atoms with Crippen molar-refractivity contribution in [3.63, 3.8) is 0 Å². The molecule has 124 valence electrons. The third-order valence-electron chi connectivity index (χ3n) is 2.82. The van der Waals surface area contributed by atoms with Crippen LogP contribution in [0.1, 0.15) is 0 Å². The molecule has 0 unspecified atom stereocenters. The van der Waals surface area contributed by atoms with Gasteiger partial charge in [-0.2, -0.15) is 5.10 Å². The van der Waals surface area contributed by atoms with Gasteiger partial charge in [0.2, 0.25) is 0 Å². The van der Waals surface area contributed by atoms with Crippen LogP contribution in [0.15, 0.2) is 35.5 Å². The van der Waals surface area contributed by atoms with Gasteiger partial charge >= 0.3 is 5.69 Å². The summed E-state index contributed by atoms with van der Waals surface area (Å²) in [4.78, 5) is 9.96. The second-order valence-corrected chi connectivity index (χ2v) is 6.63. The maximum absolute atomic E-state index is 12.3. The monoisotopic (exact) mass is 346 g/mol. The molecule has 0 atom stereocenters. The van der Waals surface area contributed by atoms with E-state index in [1.807, 2.05) is 0 Å². The quantitative estimate of drug-likeness (QED) is 0.635. The van der Waals surface area contributed by atoms with Crippen LogP contribution in [0.5, 0.6) is 0 Å². The van der Waals surface area contributed by atoms with Gasteiger partial charge in [-0.15, -0.1) is 0 Å². The summed E-state index contributed by atoms with van der Waals surface area (Å²) >= 11 is 0. The van der Waals surface area contributed by atoms with Crippen molar-refractivity contribution >= 4 is 26.9 Å². The summed E-state index contributed by atoms with van der Waals surface area (Å²) in [5, 5.41) is 17.5. The van der Waals surface area contributed by atoms with Crippen molar-refractivity contribution < 1.29 is 22.1 Å². The Morgan fingerprint density at radius 2 is 2.13 bits per heavy atom. The molecule has 0 saturated heterocycles. The van der Waals surface area contributed by atoms with Crippen LogP contribution in [0.2, 0.25) is 0 Å². The smallest absolute Gasteiger partial charge is 0.311 e. The molecule has 0 radical (unpaired) electrons. The molecule has 0 aliphatic rings. The summed E-state index contributed by atoms with van der Waals surface area (Å²) in [5.41, 5.74) is -0.467. The Labute approximate surface area is 129 Å². The highest BCUT2D eigenvalue weighted by atomic mass is 32.2. The van der Waals surface area contributed by atoms with E-state index in [2.05, 4.69) is 10.4 Å². The molecule has 8 nitrogen and oxygen atoms in total. The first-order chi connectivity index (χ1) is 10.7. The first-order valence-corrected chi connectivity index (χ1v) is 8.12. The second kappa shape index (κ2) is 6.28. The first-order valence-electron chi connectivity index (χ1n) is 6.23. The molecule has 11 heteroatoms. The minimum Gasteiger partial charge on any atom is -0.347 e. The number of benzene rings is 1. The van der Waals surface area contributed by atoms with E-state index in [0.29, 0.717) is 0 Å². The number of nitrogens with zero attached hydrogens (tertiary/aromatic N) is 3. The molecule has 1 heterocycles. The molecule has 0 saturated carbocycles. The van der Waals surface area contributed by atoms with Crippen LogP contribution < -0.4 is 5.32 Å². The Bertz CT molecular complexity index is 835. The molecule has 0 spiro atoms. The van der Waals surface area contributed by atoms with E-state index >= 15 is 0 Å². The third kappa shape index (κ3) is 4.00. The van der Waals surface area contributed by atoms with E-state index in [4.69, 9.17) is 0 Å². The summed E-state index contributed by atoms with van der Waals surface area (Å²) < 4.78 is 48.8. The lowest BCUT2D eigenvalue weighted by molar-refractivity contribution is -0.386. The van der Waals surface area contributed by atoms with Crippen LogP contribution in [-0.4, -0.2) is 35.8 Å². The topological polar surface area (TPSA) is 107 Å². The van der Waals surface area contributed by atoms with Crippen LogP contribution in [0.4, 0.5) is 25.8 Å². The van der Waals surface area contributed by atoms with Gasteiger partial charge in [0.05, 0.1) is 16.8 Å². The highest BCUT2D eigenvalue weighted by Gasteiger charge is 2.26. The predicted molar refractivity (Wildman–Crippen MR) is 77.7 cm³/mol. The molecule has 0 fully saturated rings. The summed E-state index contributed by atoms with van der Waals surface area (Å²) in [6.45, 7) is -0.618. The number of nitro groups is 1. The van der Waals surface area contributed by atoms with Crippen LogP contribution in [0.25, 0.3) is 0 Å². The van der Waals surface area contributed by atoms with E-state index in [9.17, 15) is 27.3 Å². The number of anilines is 2. The molecule has 23 heavy (non-hydrogen) atoms. The third-order valence-corrected chi connectivity index (χ3v) is 3.95. The van der Waals surface area contributed by atoms with E-state index in [1.165, 1.54) is 24.5 Å². The van der Waals surface area contributed by atoms with Crippen molar-refractivity contribution in [1.29, 1.82) is 0 Å². The Morgan fingerprint density at radius 1 is 1.43 bits per heavy atom. The van der Waals surface area contributed by atoms with Gasteiger partial charge in [0.25, 0.3) is 6.43 Å². The maximum Gasteiger partial charge on any atom is 0.311 e. The molecule has 1 aromatic heterocycles. The van der Waals surface area contributed by atoms with E-state index < -0.39 is 38.3 Å². The zero-order valence-corrected chi connectivity index (χ0v) is 12.6. The molecular weight excluding hydrogens is 334 g/mol. The molecule has 0 aliphatic carbocycles. The van der Waals surface area contributed by atoms with Gasteiger partial charge in [0.1, 0.15) is 17.1 Å². The lowest BCUT2D eigenvalue weighted by atomic mass is 10.2. The summed E-state index contributed by atoms with van der Waals surface area (Å²) in [6, 6.07) is 3.78. The molecule has 1 N–H and O–H groups in total. The number of nitrogens with one attached hydrogen (secondary N) is 1. The lowest BCUT2D eigenvalue weighted by Crippen LogP contribution is -2.06. The highest BCUT2D eigenvalue weighted by Crippen LogP contribution is 2.33. The molecule has 2 rings (SSSR count). The van der Waals surface area contributed by atoms with E-state index in [0.717, 1.165) is 17.0 Å². The summed E-state index contributed by atoms with van der Waals surface area (Å²) in [6.07, 6.45) is 0.716. The van der Waals surface area contributed by atoms with Crippen LogP contribution in [0, 0.1) is 10.1 Å². The first kappa shape index (κ1) is 16.8. The Kier molecular flexibility index (Phi) is 4.59. The lowest BCUT2D eigenvalue weighted by Gasteiger charge is -2.07. The average Bonchev–Trinajstić information content (AvgIpc) is 2.83. The number of sulfone groups is 1. The predicted octanol–water partition coefficient (Wildman–Crippen LogP) is 2.20. The fraction of sp³-hybridized carbons (Fsp3) is 0.250. The second-order valence-electron chi connectivity index (χ2n) is 4.65. The highest BCUT2D eigenvalue weighted by molar-refractivity contribution is 7.90. The normalized spacial score (nSPS) is 11.7. The number of hydrogen-bond donors (Lipinski definition) is 1. The van der Waals surface area contributed by atoms with Gasteiger partial charge < -0.3 is 5.32 Å². The van der Waals surface area contributed by atoms with E-state index in [1.54, 1.807) is 0 Å². The van der Waals surface area contributed by atoms with Gasteiger partial charge in [-0.3, -0.25) is 14.8 Å². The number of rotatable bonds is 6. The van der Waals surface area contributed by atoms with Crippen molar-refractivity contribution in [3.05, 3.63) is 40.7 Å². The zero-order chi connectivity index (χ0) is 17.2. The number of hydrogen-bond acceptors (Lipinski definition) is 6. The van der Waals surface area contributed by atoms with Crippen molar-refractivity contribution in [2.45, 2.75) is 17.9 Å². The molecule has 2 aromatic rings. The Morgan fingerprint density at radius 3 is 2.70 bits per heavy atom. The largest absolute Gasteiger partial charge is 0.347 e. The van der Waals surface area contributed by atoms with Crippen LogP contribution >= 0.6 is 0 Å². The number of aromatic nitrogens is 2. The Hall–Kier alpha value is -2.56. The summed E-state index contributed by atoms with van der Waals surface area (Å²) in [7, 11) is -3.81. The van der Waals surface area contributed by atoms with Crippen molar-refractivity contribution in [3.8, 4) is 0 Å². The number of nitro benzene ring substituents is 1. The standard InChI is InChI=1S/C12H12F2N4O4S/c1-23(21,22)10-4-2-3-9(12(10)18(19)20)16-8-5-15-17(6-8)7-11(13)14/h2-6,11,16H,7H2,1H3. The van der Waals surface area contributed by atoms with Crippen molar-refractivity contribution in [2.75, 3.05) is 11.6 Å². The van der Waals surface area contributed by atoms with E-state index in [-0.39, 0.29) is 11.4 Å². The number of para-hydroxylation sites is 1. The Balaban J connectivity index is 2.40. The van der Waals surface area contributed by atoms with Gasteiger partial charge in [0, 0.05) is 12.5 Å². The fourth-order valence-corrected chi connectivity index (χ4v) is 2.80. The zero-order valence-electron chi connectivity index (χ0n) is 11.8.